The first-order valence-corrected chi connectivity index (χ1v) is 12.5. The fraction of sp³-hybridized carbons (Fsp3) is 0.259. The lowest BCUT2D eigenvalue weighted by molar-refractivity contribution is -0.111. The van der Waals surface area contributed by atoms with Gasteiger partial charge in [-0.3, -0.25) is 4.79 Å². The molecule has 1 heterocycles. The molecule has 182 valence electrons. The van der Waals surface area contributed by atoms with Gasteiger partial charge in [0.15, 0.2) is 11.5 Å². The molecule has 4 rings (SSSR count). The molecule has 0 atom stereocenters. The lowest BCUT2D eigenvalue weighted by Gasteiger charge is -2.11. The first-order chi connectivity index (χ1) is 17.0. The lowest BCUT2D eigenvalue weighted by Crippen LogP contribution is -2.13. The Labute approximate surface area is 213 Å². The van der Waals surface area contributed by atoms with Gasteiger partial charge in [0, 0.05) is 16.0 Å². The molecule has 0 aliphatic heterocycles. The quantitative estimate of drug-likeness (QED) is 0.269. The molecule has 0 saturated carbocycles. The summed E-state index contributed by atoms with van der Waals surface area (Å²) in [5.74, 6) is 0.444. The molecule has 0 fully saturated rings. The summed E-state index contributed by atoms with van der Waals surface area (Å²) in [6.45, 7) is 2.43. The van der Waals surface area contributed by atoms with Crippen molar-refractivity contribution in [1.82, 2.24) is 0 Å². The van der Waals surface area contributed by atoms with Gasteiger partial charge in [-0.05, 0) is 73.2 Å². The fourth-order valence-electron chi connectivity index (χ4n) is 3.89. The Balaban J connectivity index is 1.43. The van der Waals surface area contributed by atoms with Crippen molar-refractivity contribution in [3.63, 3.8) is 0 Å². The number of fused-ring (bicyclic) bond motifs is 1. The summed E-state index contributed by atoms with van der Waals surface area (Å²) in [6.07, 6.45) is 5.89. The van der Waals surface area contributed by atoms with Crippen LogP contribution in [0.3, 0.4) is 0 Å². The minimum atomic E-state index is -0.384. The van der Waals surface area contributed by atoms with E-state index in [1.165, 1.54) is 17.4 Å². The van der Waals surface area contributed by atoms with E-state index in [0.29, 0.717) is 33.7 Å². The van der Waals surface area contributed by atoms with E-state index in [0.717, 1.165) is 40.8 Å². The highest BCUT2D eigenvalue weighted by atomic mass is 35.5. The van der Waals surface area contributed by atoms with Crippen molar-refractivity contribution in [2.75, 3.05) is 19.0 Å². The Morgan fingerprint density at radius 2 is 1.91 bits per heavy atom. The largest absolute Gasteiger partial charge is 0.493 e. The average Bonchev–Trinajstić information content (AvgIpc) is 3.43. The number of thiophene rings is 1. The van der Waals surface area contributed by atoms with Crippen LogP contribution >= 0.6 is 22.9 Å². The number of benzene rings is 2. The van der Waals surface area contributed by atoms with E-state index in [9.17, 15) is 9.59 Å². The van der Waals surface area contributed by atoms with Crippen LogP contribution < -0.4 is 14.8 Å². The zero-order chi connectivity index (χ0) is 24.8. The summed E-state index contributed by atoms with van der Waals surface area (Å²) >= 11 is 7.38. The van der Waals surface area contributed by atoms with E-state index in [2.05, 4.69) is 5.32 Å². The number of anilines is 1. The smallest absolute Gasteiger partial charge is 0.341 e. The molecule has 1 amide bonds. The molecular formula is C27H26ClNO5S. The number of halogens is 1. The van der Waals surface area contributed by atoms with E-state index in [1.807, 2.05) is 30.3 Å². The SMILES string of the molecule is CCOC(=O)c1c(NC(=O)C=Cc2ccc(OCc3ccc(Cl)cc3)c(OC)c2)sc2c1CCC2. The predicted molar refractivity (Wildman–Crippen MR) is 139 cm³/mol. The molecule has 0 unspecified atom stereocenters. The molecule has 0 bridgehead atoms. The third-order valence-electron chi connectivity index (χ3n) is 5.56. The van der Waals surface area contributed by atoms with Crippen molar-refractivity contribution in [3.05, 3.63) is 80.7 Å². The average molecular weight is 512 g/mol. The number of esters is 1. The molecule has 0 spiro atoms. The van der Waals surface area contributed by atoms with E-state index in [1.54, 1.807) is 32.2 Å². The van der Waals surface area contributed by atoms with Crippen LogP contribution in [0.1, 0.15) is 45.3 Å². The zero-order valence-electron chi connectivity index (χ0n) is 19.6. The van der Waals surface area contributed by atoms with Crippen LogP contribution in [-0.2, 0) is 29.0 Å². The number of hydrogen-bond acceptors (Lipinski definition) is 6. The first-order valence-electron chi connectivity index (χ1n) is 11.3. The molecule has 35 heavy (non-hydrogen) atoms. The van der Waals surface area contributed by atoms with Gasteiger partial charge in [0.1, 0.15) is 11.6 Å². The second-order valence-electron chi connectivity index (χ2n) is 7.93. The summed E-state index contributed by atoms with van der Waals surface area (Å²) in [5, 5.41) is 4.08. The van der Waals surface area contributed by atoms with E-state index >= 15 is 0 Å². The molecule has 1 N–H and O–H groups in total. The van der Waals surface area contributed by atoms with Crippen LogP contribution in [0.2, 0.25) is 5.02 Å². The first kappa shape index (κ1) is 24.8. The summed E-state index contributed by atoms with van der Waals surface area (Å²) in [5.41, 5.74) is 3.26. The number of aryl methyl sites for hydroxylation is 1. The second-order valence-corrected chi connectivity index (χ2v) is 9.47. The summed E-state index contributed by atoms with van der Waals surface area (Å²) in [6, 6.07) is 12.9. The van der Waals surface area contributed by atoms with Crippen molar-refractivity contribution in [2.45, 2.75) is 32.8 Å². The van der Waals surface area contributed by atoms with Crippen molar-refractivity contribution >= 4 is 45.9 Å². The number of carbonyl (C=O) groups excluding carboxylic acids is 2. The highest BCUT2D eigenvalue weighted by Crippen LogP contribution is 2.39. The molecular weight excluding hydrogens is 486 g/mol. The maximum absolute atomic E-state index is 12.6. The van der Waals surface area contributed by atoms with Gasteiger partial charge in [-0.15, -0.1) is 11.3 Å². The topological polar surface area (TPSA) is 73.9 Å². The number of rotatable bonds is 9. The second kappa shape index (κ2) is 11.4. The number of amides is 1. The van der Waals surface area contributed by atoms with Crippen molar-refractivity contribution < 1.29 is 23.8 Å². The van der Waals surface area contributed by atoms with Gasteiger partial charge in [-0.1, -0.05) is 29.8 Å². The minimum absolute atomic E-state index is 0.290. The van der Waals surface area contributed by atoms with Gasteiger partial charge in [0.05, 0.1) is 19.3 Å². The van der Waals surface area contributed by atoms with E-state index < -0.39 is 0 Å². The highest BCUT2D eigenvalue weighted by molar-refractivity contribution is 7.17. The molecule has 3 aromatic rings. The summed E-state index contributed by atoms with van der Waals surface area (Å²) in [4.78, 5) is 26.3. The van der Waals surface area contributed by atoms with Gasteiger partial charge in [-0.2, -0.15) is 0 Å². The number of hydrogen-bond donors (Lipinski definition) is 1. The molecule has 2 aromatic carbocycles. The molecule has 0 saturated heterocycles. The summed E-state index contributed by atoms with van der Waals surface area (Å²) < 4.78 is 16.6. The fourth-order valence-corrected chi connectivity index (χ4v) is 5.29. The normalized spacial score (nSPS) is 12.4. The van der Waals surface area contributed by atoms with Gasteiger partial charge in [0.2, 0.25) is 5.91 Å². The third kappa shape index (κ3) is 6.05. The van der Waals surface area contributed by atoms with Gasteiger partial charge in [0.25, 0.3) is 0 Å². The van der Waals surface area contributed by atoms with Crippen molar-refractivity contribution in [1.29, 1.82) is 0 Å². The van der Waals surface area contributed by atoms with Gasteiger partial charge in [-0.25, -0.2) is 4.79 Å². The van der Waals surface area contributed by atoms with Crippen LogP contribution in [-0.4, -0.2) is 25.6 Å². The monoisotopic (exact) mass is 511 g/mol. The number of nitrogens with one attached hydrogen (secondary N) is 1. The van der Waals surface area contributed by atoms with Crippen molar-refractivity contribution in [2.24, 2.45) is 0 Å². The molecule has 1 aromatic heterocycles. The van der Waals surface area contributed by atoms with Gasteiger partial charge >= 0.3 is 5.97 Å². The maximum Gasteiger partial charge on any atom is 0.341 e. The Bertz CT molecular complexity index is 1250. The highest BCUT2D eigenvalue weighted by Gasteiger charge is 2.28. The molecule has 6 nitrogen and oxygen atoms in total. The third-order valence-corrected chi connectivity index (χ3v) is 7.02. The molecule has 0 radical (unpaired) electrons. The molecule has 1 aliphatic rings. The van der Waals surface area contributed by atoms with Crippen LogP contribution in [0.15, 0.2) is 48.5 Å². The standard InChI is InChI=1S/C27H26ClNO5S/c1-3-33-27(31)25-20-5-4-6-23(20)35-26(25)29-24(30)14-10-17-9-13-21(22(15-17)32-2)34-16-18-7-11-19(28)12-8-18/h7-15H,3-6,16H2,1-2H3,(H,29,30). The van der Waals surface area contributed by atoms with Crippen LogP contribution in [0.4, 0.5) is 5.00 Å². The van der Waals surface area contributed by atoms with E-state index in [-0.39, 0.29) is 18.5 Å². The van der Waals surface area contributed by atoms with Crippen LogP contribution in [0.5, 0.6) is 11.5 Å². The Morgan fingerprint density at radius 1 is 1.11 bits per heavy atom. The van der Waals surface area contributed by atoms with Crippen LogP contribution in [0, 0.1) is 0 Å². The van der Waals surface area contributed by atoms with E-state index in [4.69, 9.17) is 25.8 Å². The predicted octanol–water partition coefficient (Wildman–Crippen LogP) is 6.31. The zero-order valence-corrected chi connectivity index (χ0v) is 21.1. The minimum Gasteiger partial charge on any atom is -0.493 e. The maximum atomic E-state index is 12.6. The molecule has 1 aliphatic carbocycles. The molecule has 8 heteroatoms. The number of ether oxygens (including phenoxy) is 3. The van der Waals surface area contributed by atoms with Crippen LogP contribution in [0.25, 0.3) is 6.08 Å². The number of carbonyl (C=O) groups is 2. The Kier molecular flexibility index (Phi) is 8.10. The number of methoxy groups -OCH3 is 1. The Morgan fingerprint density at radius 3 is 2.66 bits per heavy atom. The van der Waals surface area contributed by atoms with Crippen molar-refractivity contribution in [3.8, 4) is 11.5 Å². The van der Waals surface area contributed by atoms with Gasteiger partial charge < -0.3 is 19.5 Å². The summed E-state index contributed by atoms with van der Waals surface area (Å²) in [7, 11) is 1.57. The lowest BCUT2D eigenvalue weighted by atomic mass is 10.1. The Hall–Kier alpha value is -3.29.